The van der Waals surface area contributed by atoms with Gasteiger partial charge < -0.3 is 10.2 Å². The lowest BCUT2D eigenvalue weighted by Crippen LogP contribution is -2.45. The summed E-state index contributed by atoms with van der Waals surface area (Å²) >= 11 is 0. The first kappa shape index (κ1) is 17.3. The Hall–Kier alpha value is -3.08. The number of H-pyrrole nitrogens is 1. The Morgan fingerprint density at radius 2 is 1.96 bits per heavy atom. The average Bonchev–Trinajstić information content (AvgIpc) is 3.17. The predicted molar refractivity (Wildman–Crippen MR) is 106 cm³/mol. The number of fused-ring (bicyclic) bond motifs is 1. The monoisotopic (exact) mass is 360 g/mol. The maximum atomic E-state index is 12.7. The molecule has 2 aromatic carbocycles. The van der Waals surface area contributed by atoms with Crippen molar-refractivity contribution in [1.82, 2.24) is 20.4 Å². The van der Waals surface area contributed by atoms with Crippen molar-refractivity contribution < 1.29 is 4.79 Å². The summed E-state index contributed by atoms with van der Waals surface area (Å²) < 4.78 is 0. The summed E-state index contributed by atoms with van der Waals surface area (Å²) in [5, 5.41) is 10.3. The zero-order valence-electron chi connectivity index (χ0n) is 15.5. The molecule has 0 saturated heterocycles. The van der Waals surface area contributed by atoms with Crippen LogP contribution in [0.2, 0.25) is 0 Å². The van der Waals surface area contributed by atoms with Crippen LogP contribution >= 0.6 is 0 Å². The summed E-state index contributed by atoms with van der Waals surface area (Å²) in [5.74, 6) is 0. The van der Waals surface area contributed by atoms with E-state index in [0.29, 0.717) is 6.54 Å². The third kappa shape index (κ3) is 3.87. The molecule has 5 heteroatoms. The van der Waals surface area contributed by atoms with Gasteiger partial charge in [0.25, 0.3) is 0 Å². The molecule has 1 aliphatic carbocycles. The molecule has 1 heterocycles. The summed E-state index contributed by atoms with van der Waals surface area (Å²) in [6, 6.07) is 18.7. The van der Waals surface area contributed by atoms with Crippen molar-refractivity contribution in [3.63, 3.8) is 0 Å². The van der Waals surface area contributed by atoms with Crippen molar-refractivity contribution in [2.45, 2.75) is 31.8 Å². The Morgan fingerprint density at radius 1 is 1.19 bits per heavy atom. The first-order valence-electron chi connectivity index (χ1n) is 9.37. The number of hydrogen-bond acceptors (Lipinski definition) is 2. The van der Waals surface area contributed by atoms with Crippen molar-refractivity contribution in [1.29, 1.82) is 0 Å². The van der Waals surface area contributed by atoms with Gasteiger partial charge in [0.15, 0.2) is 0 Å². The minimum Gasteiger partial charge on any atom is -0.335 e. The minimum atomic E-state index is -0.0326. The number of nitrogens with zero attached hydrogens (tertiary/aromatic N) is 2. The second-order valence-corrected chi connectivity index (χ2v) is 7.14. The van der Waals surface area contributed by atoms with Crippen LogP contribution in [0.1, 0.15) is 23.2 Å². The molecule has 1 atom stereocenters. The number of aromatic nitrogens is 2. The third-order valence-electron chi connectivity index (χ3n) is 5.20. The average molecular weight is 360 g/mol. The second kappa shape index (κ2) is 7.66. The van der Waals surface area contributed by atoms with Gasteiger partial charge in [0.1, 0.15) is 0 Å². The quantitative estimate of drug-likeness (QED) is 0.744. The van der Waals surface area contributed by atoms with Crippen LogP contribution in [-0.4, -0.2) is 34.2 Å². The zero-order chi connectivity index (χ0) is 18.6. The standard InChI is InChI=1S/C22H24N4O/c1-26(22(27)24-19-11-12-21-18(13-19)14-23-25-21)15-17-9-5-6-10-20(17)16-7-3-2-4-8-16/h2-10,14,19H,11-13,15H2,1H3,(H,23,25)(H,24,27). The molecule has 0 radical (unpaired) electrons. The summed E-state index contributed by atoms with van der Waals surface area (Å²) in [6.07, 6.45) is 4.58. The Labute approximate surface area is 159 Å². The Bertz CT molecular complexity index is 919. The fourth-order valence-electron chi connectivity index (χ4n) is 3.71. The molecule has 2 amide bonds. The van der Waals surface area contributed by atoms with Crippen LogP contribution in [0.3, 0.4) is 0 Å². The number of benzene rings is 2. The lowest BCUT2D eigenvalue weighted by molar-refractivity contribution is 0.201. The van der Waals surface area contributed by atoms with Crippen LogP contribution in [0, 0.1) is 0 Å². The molecule has 0 saturated carbocycles. The molecule has 0 spiro atoms. The molecule has 138 valence electrons. The van der Waals surface area contributed by atoms with E-state index in [0.717, 1.165) is 24.8 Å². The highest BCUT2D eigenvalue weighted by atomic mass is 16.2. The Morgan fingerprint density at radius 3 is 2.81 bits per heavy atom. The van der Waals surface area contributed by atoms with E-state index in [2.05, 4.69) is 39.8 Å². The van der Waals surface area contributed by atoms with Crippen LogP contribution in [-0.2, 0) is 19.4 Å². The molecule has 2 N–H and O–H groups in total. The maximum absolute atomic E-state index is 12.7. The lowest BCUT2D eigenvalue weighted by atomic mass is 9.94. The second-order valence-electron chi connectivity index (χ2n) is 7.14. The highest BCUT2D eigenvalue weighted by Crippen LogP contribution is 2.24. The van der Waals surface area contributed by atoms with E-state index < -0.39 is 0 Å². The van der Waals surface area contributed by atoms with Crippen LogP contribution in [0.25, 0.3) is 11.1 Å². The fourth-order valence-corrected chi connectivity index (χ4v) is 3.71. The van der Waals surface area contributed by atoms with Crippen molar-refractivity contribution in [2.24, 2.45) is 0 Å². The molecular weight excluding hydrogens is 336 g/mol. The highest BCUT2D eigenvalue weighted by molar-refractivity contribution is 5.75. The maximum Gasteiger partial charge on any atom is 0.317 e. The zero-order valence-corrected chi connectivity index (χ0v) is 15.5. The number of nitrogens with one attached hydrogen (secondary N) is 2. The van der Waals surface area contributed by atoms with Gasteiger partial charge in [0, 0.05) is 25.3 Å². The van der Waals surface area contributed by atoms with E-state index in [-0.39, 0.29) is 12.1 Å². The largest absolute Gasteiger partial charge is 0.335 e. The number of urea groups is 1. The topological polar surface area (TPSA) is 61.0 Å². The molecule has 0 fully saturated rings. The van der Waals surface area contributed by atoms with Crippen molar-refractivity contribution in [3.05, 3.63) is 77.6 Å². The molecule has 1 aromatic heterocycles. The van der Waals surface area contributed by atoms with Crippen LogP contribution in [0.5, 0.6) is 0 Å². The van der Waals surface area contributed by atoms with E-state index >= 15 is 0 Å². The van der Waals surface area contributed by atoms with Gasteiger partial charge in [-0.15, -0.1) is 0 Å². The number of aryl methyl sites for hydroxylation is 1. The van der Waals surface area contributed by atoms with Crippen molar-refractivity contribution in [2.75, 3.05) is 7.05 Å². The number of hydrogen-bond donors (Lipinski definition) is 2. The number of carbonyl (C=O) groups is 1. The first-order chi connectivity index (χ1) is 13.2. The molecule has 3 aromatic rings. The third-order valence-corrected chi connectivity index (χ3v) is 5.20. The normalized spacial score (nSPS) is 15.8. The molecule has 5 nitrogen and oxygen atoms in total. The van der Waals surface area contributed by atoms with Gasteiger partial charge in [-0.05, 0) is 41.5 Å². The van der Waals surface area contributed by atoms with E-state index in [4.69, 9.17) is 0 Å². The summed E-state index contributed by atoms with van der Waals surface area (Å²) in [6.45, 7) is 0.570. The van der Waals surface area contributed by atoms with Gasteiger partial charge in [0.05, 0.1) is 6.20 Å². The SMILES string of the molecule is CN(Cc1ccccc1-c1ccccc1)C(=O)NC1CCc2[nH]ncc2C1. The van der Waals surface area contributed by atoms with Crippen LogP contribution in [0.15, 0.2) is 60.8 Å². The van der Waals surface area contributed by atoms with E-state index in [9.17, 15) is 4.79 Å². The molecule has 27 heavy (non-hydrogen) atoms. The van der Waals surface area contributed by atoms with Gasteiger partial charge in [-0.1, -0.05) is 54.6 Å². The number of rotatable bonds is 4. The summed E-state index contributed by atoms with van der Waals surface area (Å²) in [7, 11) is 1.85. The van der Waals surface area contributed by atoms with Gasteiger partial charge >= 0.3 is 6.03 Å². The number of aromatic amines is 1. The van der Waals surface area contributed by atoms with E-state index in [1.165, 1.54) is 22.4 Å². The molecule has 0 bridgehead atoms. The minimum absolute atomic E-state index is 0.0326. The van der Waals surface area contributed by atoms with Crippen LogP contribution in [0.4, 0.5) is 4.79 Å². The lowest BCUT2D eigenvalue weighted by Gasteiger charge is -2.26. The number of amides is 2. The molecular formula is C22H24N4O. The highest BCUT2D eigenvalue weighted by Gasteiger charge is 2.23. The Kier molecular flexibility index (Phi) is 4.92. The van der Waals surface area contributed by atoms with Gasteiger partial charge in [-0.2, -0.15) is 5.10 Å². The predicted octanol–water partition coefficient (Wildman–Crippen LogP) is 3.78. The first-order valence-corrected chi connectivity index (χ1v) is 9.37. The van der Waals surface area contributed by atoms with E-state index in [1.54, 1.807) is 4.90 Å². The van der Waals surface area contributed by atoms with Gasteiger partial charge in [0.2, 0.25) is 0 Å². The van der Waals surface area contributed by atoms with Gasteiger partial charge in [-0.3, -0.25) is 5.10 Å². The Balaban J connectivity index is 1.42. The fraction of sp³-hybridized carbons (Fsp3) is 0.273. The van der Waals surface area contributed by atoms with E-state index in [1.807, 2.05) is 43.6 Å². The summed E-state index contributed by atoms with van der Waals surface area (Å²) in [4.78, 5) is 14.5. The number of carbonyl (C=O) groups excluding carboxylic acids is 1. The molecule has 4 rings (SSSR count). The molecule has 1 aliphatic rings. The smallest absolute Gasteiger partial charge is 0.317 e. The van der Waals surface area contributed by atoms with Crippen molar-refractivity contribution >= 4 is 6.03 Å². The molecule has 0 aliphatic heterocycles. The summed E-state index contributed by atoms with van der Waals surface area (Å²) in [5.41, 5.74) is 5.89. The van der Waals surface area contributed by atoms with Gasteiger partial charge in [-0.25, -0.2) is 4.79 Å². The van der Waals surface area contributed by atoms with Crippen molar-refractivity contribution in [3.8, 4) is 11.1 Å². The van der Waals surface area contributed by atoms with Crippen LogP contribution < -0.4 is 5.32 Å². The molecule has 1 unspecified atom stereocenters.